The van der Waals surface area contributed by atoms with Crippen LogP contribution in [0.4, 0.5) is 0 Å². The Bertz CT molecular complexity index is 453. The second-order valence-corrected chi connectivity index (χ2v) is 9.67. The fourth-order valence-corrected chi connectivity index (χ4v) is 7.63. The maximum Gasteiger partial charge on any atom is 0.309 e. The summed E-state index contributed by atoms with van der Waals surface area (Å²) in [6.07, 6.45) is 19.3. The number of hydrogen-bond acceptors (Lipinski definition) is 2. The maximum absolute atomic E-state index is 12.9. The summed E-state index contributed by atoms with van der Waals surface area (Å²) >= 11 is 0. The monoisotopic (exact) mass is 346 g/mol. The molecule has 0 aliphatic heterocycles. The summed E-state index contributed by atoms with van der Waals surface area (Å²) in [5.41, 5.74) is 0. The minimum absolute atomic E-state index is 0.135. The lowest BCUT2D eigenvalue weighted by Crippen LogP contribution is -2.48. The van der Waals surface area contributed by atoms with Crippen LogP contribution >= 0.6 is 0 Å². The Morgan fingerprint density at radius 2 is 1.36 bits per heavy atom. The molecule has 0 aromatic carbocycles. The van der Waals surface area contributed by atoms with E-state index in [9.17, 15) is 4.79 Å². The average molecular weight is 347 g/mol. The molecule has 0 aromatic rings. The molecule has 25 heavy (non-hydrogen) atoms. The molecule has 4 rings (SSSR count). The van der Waals surface area contributed by atoms with Crippen molar-refractivity contribution in [2.45, 2.75) is 89.9 Å². The first-order chi connectivity index (χ1) is 12.3. The Morgan fingerprint density at radius 3 is 2.08 bits per heavy atom. The van der Waals surface area contributed by atoms with Crippen molar-refractivity contribution in [3.8, 4) is 0 Å². The van der Waals surface area contributed by atoms with Gasteiger partial charge >= 0.3 is 5.97 Å². The van der Waals surface area contributed by atoms with Crippen LogP contribution in [0.2, 0.25) is 0 Å². The minimum atomic E-state index is 0.135. The van der Waals surface area contributed by atoms with Gasteiger partial charge in [0.1, 0.15) is 0 Å². The van der Waals surface area contributed by atoms with Gasteiger partial charge in [0.25, 0.3) is 0 Å². The molecule has 0 radical (unpaired) electrons. The van der Waals surface area contributed by atoms with Crippen molar-refractivity contribution in [1.82, 2.24) is 0 Å². The number of methoxy groups -OCH3 is 1. The molecule has 6 atom stereocenters. The molecule has 4 saturated carbocycles. The summed E-state index contributed by atoms with van der Waals surface area (Å²) in [4.78, 5) is 12.9. The fourth-order valence-electron chi connectivity index (χ4n) is 7.63. The smallest absolute Gasteiger partial charge is 0.309 e. The van der Waals surface area contributed by atoms with Gasteiger partial charge in [-0.3, -0.25) is 4.79 Å². The van der Waals surface area contributed by atoms with E-state index in [2.05, 4.69) is 0 Å². The molecular weight excluding hydrogens is 308 g/mol. The van der Waals surface area contributed by atoms with Gasteiger partial charge < -0.3 is 4.74 Å². The third-order valence-electron chi connectivity index (χ3n) is 8.61. The predicted octanol–water partition coefficient (Wildman–Crippen LogP) is 5.99. The van der Waals surface area contributed by atoms with Gasteiger partial charge in [-0.25, -0.2) is 0 Å². The number of fused-ring (bicyclic) bond motifs is 3. The highest BCUT2D eigenvalue weighted by Gasteiger charge is 2.51. The van der Waals surface area contributed by atoms with Crippen LogP contribution in [0.1, 0.15) is 89.9 Å². The topological polar surface area (TPSA) is 26.3 Å². The molecule has 2 heteroatoms. The van der Waals surface area contributed by atoms with Gasteiger partial charge in [-0.05, 0) is 74.0 Å². The summed E-state index contributed by atoms with van der Waals surface area (Å²) in [6, 6.07) is 0. The van der Waals surface area contributed by atoms with E-state index in [0.29, 0.717) is 11.8 Å². The molecule has 0 aromatic heterocycles. The van der Waals surface area contributed by atoms with Crippen LogP contribution in [-0.2, 0) is 9.53 Å². The van der Waals surface area contributed by atoms with E-state index >= 15 is 0 Å². The van der Waals surface area contributed by atoms with Gasteiger partial charge in [-0.1, -0.05) is 51.4 Å². The van der Waals surface area contributed by atoms with Crippen molar-refractivity contribution >= 4 is 5.97 Å². The number of carbonyl (C=O) groups excluding carboxylic acids is 1. The quantitative estimate of drug-likeness (QED) is 0.587. The highest BCUT2D eigenvalue weighted by atomic mass is 16.5. The van der Waals surface area contributed by atoms with Crippen molar-refractivity contribution in [2.24, 2.45) is 41.4 Å². The maximum atomic E-state index is 12.9. The zero-order chi connectivity index (χ0) is 17.2. The third kappa shape index (κ3) is 3.52. The SMILES string of the molecule is COC(=O)C(C1CCCCC1)C1CC2CCCCC2C2CCCCC21. The first-order valence-electron chi connectivity index (χ1n) is 11.4. The molecule has 0 bridgehead atoms. The van der Waals surface area contributed by atoms with Crippen LogP contribution < -0.4 is 0 Å². The molecule has 4 aliphatic carbocycles. The Morgan fingerprint density at radius 1 is 0.760 bits per heavy atom. The standard InChI is InChI=1S/C23H38O2/c1-25-23(24)22(16-9-3-2-4-10-16)21-15-17-11-5-6-12-18(17)19-13-7-8-14-20(19)21/h16-22H,2-15H2,1H3. The Labute approximate surface area is 154 Å². The number of esters is 1. The lowest BCUT2D eigenvalue weighted by Gasteiger charge is -2.54. The van der Waals surface area contributed by atoms with Gasteiger partial charge in [0, 0.05) is 0 Å². The number of ether oxygens (including phenoxy) is 1. The zero-order valence-electron chi connectivity index (χ0n) is 16.3. The normalized spacial score (nSPS) is 40.6. The van der Waals surface area contributed by atoms with E-state index in [0.717, 1.165) is 23.7 Å². The van der Waals surface area contributed by atoms with E-state index in [-0.39, 0.29) is 11.9 Å². The van der Waals surface area contributed by atoms with E-state index in [1.165, 1.54) is 89.9 Å². The molecule has 6 unspecified atom stereocenters. The van der Waals surface area contributed by atoms with Crippen LogP contribution in [0, 0.1) is 41.4 Å². The molecule has 0 spiro atoms. The molecule has 2 nitrogen and oxygen atoms in total. The number of carbonyl (C=O) groups is 1. The van der Waals surface area contributed by atoms with E-state index < -0.39 is 0 Å². The Kier molecular flexibility index (Phi) is 5.72. The molecular formula is C23H38O2. The molecule has 4 aliphatic rings. The summed E-state index contributed by atoms with van der Waals surface area (Å²) in [7, 11) is 1.63. The second-order valence-electron chi connectivity index (χ2n) is 9.67. The van der Waals surface area contributed by atoms with Crippen LogP contribution in [0.15, 0.2) is 0 Å². The van der Waals surface area contributed by atoms with Gasteiger partial charge in [0.05, 0.1) is 13.0 Å². The lowest BCUT2D eigenvalue weighted by atomic mass is 9.51. The summed E-state index contributed by atoms with van der Waals surface area (Å²) in [5, 5.41) is 0. The molecule has 0 N–H and O–H groups in total. The largest absolute Gasteiger partial charge is 0.469 e. The highest BCUT2D eigenvalue weighted by Crippen LogP contribution is 2.57. The summed E-state index contributed by atoms with van der Waals surface area (Å²) < 4.78 is 5.40. The fraction of sp³-hybridized carbons (Fsp3) is 0.957. The van der Waals surface area contributed by atoms with Gasteiger partial charge in [0.2, 0.25) is 0 Å². The molecule has 0 saturated heterocycles. The van der Waals surface area contributed by atoms with Crippen LogP contribution in [0.25, 0.3) is 0 Å². The van der Waals surface area contributed by atoms with Crippen molar-refractivity contribution in [1.29, 1.82) is 0 Å². The Balaban J connectivity index is 1.61. The lowest BCUT2D eigenvalue weighted by molar-refractivity contribution is -0.156. The zero-order valence-corrected chi connectivity index (χ0v) is 16.3. The predicted molar refractivity (Wildman–Crippen MR) is 101 cm³/mol. The molecule has 0 amide bonds. The van der Waals surface area contributed by atoms with Gasteiger partial charge in [-0.2, -0.15) is 0 Å². The average Bonchev–Trinajstić information content (AvgIpc) is 2.69. The van der Waals surface area contributed by atoms with Crippen molar-refractivity contribution in [2.75, 3.05) is 7.11 Å². The van der Waals surface area contributed by atoms with Crippen LogP contribution in [0.3, 0.4) is 0 Å². The van der Waals surface area contributed by atoms with Crippen LogP contribution in [-0.4, -0.2) is 13.1 Å². The third-order valence-corrected chi connectivity index (χ3v) is 8.61. The molecule has 4 fully saturated rings. The molecule has 0 heterocycles. The van der Waals surface area contributed by atoms with Gasteiger partial charge in [0.15, 0.2) is 0 Å². The van der Waals surface area contributed by atoms with Crippen molar-refractivity contribution in [3.63, 3.8) is 0 Å². The molecule has 142 valence electrons. The van der Waals surface area contributed by atoms with E-state index in [1.807, 2.05) is 0 Å². The second kappa shape index (κ2) is 8.01. The van der Waals surface area contributed by atoms with Crippen molar-refractivity contribution in [3.05, 3.63) is 0 Å². The van der Waals surface area contributed by atoms with E-state index in [1.54, 1.807) is 7.11 Å². The number of rotatable bonds is 3. The number of hydrogen-bond donors (Lipinski definition) is 0. The first kappa shape index (κ1) is 17.9. The highest BCUT2D eigenvalue weighted by molar-refractivity contribution is 5.73. The van der Waals surface area contributed by atoms with Crippen LogP contribution in [0.5, 0.6) is 0 Å². The van der Waals surface area contributed by atoms with E-state index in [4.69, 9.17) is 4.74 Å². The van der Waals surface area contributed by atoms with Crippen molar-refractivity contribution < 1.29 is 9.53 Å². The Hall–Kier alpha value is -0.530. The first-order valence-corrected chi connectivity index (χ1v) is 11.4. The minimum Gasteiger partial charge on any atom is -0.469 e. The summed E-state index contributed by atoms with van der Waals surface area (Å²) in [5.74, 6) is 5.21. The van der Waals surface area contributed by atoms with Gasteiger partial charge in [-0.15, -0.1) is 0 Å². The summed E-state index contributed by atoms with van der Waals surface area (Å²) in [6.45, 7) is 0.